The average Bonchev–Trinajstić information content (AvgIpc) is 2.88. The number of phosphoric acid groups is 1. The summed E-state index contributed by atoms with van der Waals surface area (Å²) in [6, 6.07) is 11.2. The van der Waals surface area contributed by atoms with Gasteiger partial charge in [0.05, 0.1) is 15.9 Å². The number of benzene rings is 2. The molecule has 0 bridgehead atoms. The van der Waals surface area contributed by atoms with Crippen molar-refractivity contribution in [3.05, 3.63) is 57.7 Å². The normalized spacial score (nSPS) is 13.0. The molecule has 0 aliphatic carbocycles. The van der Waals surface area contributed by atoms with Gasteiger partial charge < -0.3 is 25.0 Å². The minimum absolute atomic E-state index is 0.0397. The molecule has 0 saturated heterocycles. The van der Waals surface area contributed by atoms with Gasteiger partial charge in [0, 0.05) is 16.4 Å². The summed E-state index contributed by atoms with van der Waals surface area (Å²) in [5.74, 6) is -0.0397. The van der Waals surface area contributed by atoms with Crippen molar-refractivity contribution in [2.75, 3.05) is 5.73 Å². The van der Waals surface area contributed by atoms with Gasteiger partial charge in [-0.05, 0) is 47.1 Å². The third kappa shape index (κ3) is 5.00. The summed E-state index contributed by atoms with van der Waals surface area (Å²) in [5.41, 5.74) is 8.11. The van der Waals surface area contributed by atoms with Crippen molar-refractivity contribution in [3.63, 3.8) is 0 Å². The van der Waals surface area contributed by atoms with E-state index in [4.69, 9.17) is 22.2 Å². The summed E-state index contributed by atoms with van der Waals surface area (Å²) < 4.78 is 15.6. The number of hydrogen-bond donors (Lipinski definition) is 3. The Bertz CT molecular complexity index is 871. The lowest BCUT2D eigenvalue weighted by molar-refractivity contribution is -0.211. The van der Waals surface area contributed by atoms with Gasteiger partial charge in [-0.2, -0.15) is 0 Å². The van der Waals surface area contributed by atoms with E-state index in [-0.39, 0.29) is 5.75 Å². The molecule has 1 heterocycles. The number of aryl methyl sites for hydroxylation is 1. The van der Waals surface area contributed by atoms with Crippen molar-refractivity contribution < 1.29 is 18.9 Å². The summed E-state index contributed by atoms with van der Waals surface area (Å²) in [7, 11) is -4.84. The van der Waals surface area contributed by atoms with E-state index in [0.717, 1.165) is 5.69 Å². The fraction of sp³-hybridized carbons (Fsp3) is 0.0667. The van der Waals surface area contributed by atoms with Crippen molar-refractivity contribution in [3.8, 4) is 5.75 Å². The van der Waals surface area contributed by atoms with Gasteiger partial charge in [0.15, 0.2) is 5.75 Å². The summed E-state index contributed by atoms with van der Waals surface area (Å²) in [6.45, 7) is 2.04. The quantitative estimate of drug-likeness (QED) is 0.419. The van der Waals surface area contributed by atoms with Crippen molar-refractivity contribution in [2.45, 2.75) is 6.92 Å². The molecule has 0 amide bonds. The van der Waals surface area contributed by atoms with Crippen LogP contribution in [0.2, 0.25) is 5.02 Å². The highest BCUT2D eigenvalue weighted by Crippen LogP contribution is 2.42. The molecule has 1 unspecified atom stereocenters. The molecule has 0 spiro atoms. The number of nitrogen functional groups attached to an aromatic ring is 1. The fourth-order valence-corrected chi connectivity index (χ4v) is 2.87. The van der Waals surface area contributed by atoms with Gasteiger partial charge in [-0.3, -0.25) is 4.57 Å². The van der Waals surface area contributed by atoms with Crippen molar-refractivity contribution in [1.82, 2.24) is 4.98 Å². The van der Waals surface area contributed by atoms with Crippen LogP contribution in [-0.4, -0.2) is 9.88 Å². The summed E-state index contributed by atoms with van der Waals surface area (Å²) in [6.07, 6.45) is 1.31. The second-order valence-electron chi connectivity index (χ2n) is 4.91. The molecular formula is C15H14BrClN2O4P-. The van der Waals surface area contributed by atoms with E-state index in [2.05, 4.69) is 25.4 Å². The molecule has 1 aromatic heterocycles. The Morgan fingerprint density at radius 1 is 1.29 bits per heavy atom. The maximum absolute atomic E-state index is 10.6. The van der Waals surface area contributed by atoms with Crippen LogP contribution in [0.25, 0.3) is 10.9 Å². The standard InChI is InChI=1S/C8H6BrClNO4P.C7H9N/c9-4-1-2-5-7(8(4)10)6(3-11-5)15-16(12,13)14;1-6-2-4-7(8)5-3-6/h1-3,11H,(H2,12,13,14);2-5H,8H2,1H3/p-1. The molecule has 9 heteroatoms. The number of fused-ring (bicyclic) bond motifs is 1. The van der Waals surface area contributed by atoms with Crippen LogP contribution in [0, 0.1) is 6.92 Å². The predicted molar refractivity (Wildman–Crippen MR) is 97.1 cm³/mol. The number of phosphoric ester groups is 1. The smallest absolute Gasteiger partial charge is 0.317 e. The van der Waals surface area contributed by atoms with Crippen LogP contribution in [0.5, 0.6) is 5.75 Å². The maximum atomic E-state index is 10.6. The topological polar surface area (TPSA) is 111 Å². The Kier molecular flexibility index (Phi) is 5.96. The molecular weight excluding hydrogens is 419 g/mol. The van der Waals surface area contributed by atoms with E-state index >= 15 is 0 Å². The molecule has 128 valence electrons. The number of anilines is 1. The lowest BCUT2D eigenvalue weighted by Gasteiger charge is -2.15. The zero-order valence-electron chi connectivity index (χ0n) is 12.5. The Balaban J connectivity index is 0.000000219. The van der Waals surface area contributed by atoms with Crippen LogP contribution in [0.15, 0.2) is 47.1 Å². The third-order valence-corrected chi connectivity index (χ3v) is 4.70. The summed E-state index contributed by atoms with van der Waals surface area (Å²) >= 11 is 9.18. The molecule has 3 rings (SSSR count). The fourth-order valence-electron chi connectivity index (χ4n) is 1.89. The van der Waals surface area contributed by atoms with E-state index < -0.39 is 7.82 Å². The molecule has 1 atom stereocenters. The SMILES string of the molecule is Cc1ccc(N)cc1.O=P([O-])(O)Oc1c[nH]c2ccc(Br)c(Cl)c12. The van der Waals surface area contributed by atoms with E-state index in [1.807, 2.05) is 31.2 Å². The molecule has 4 N–H and O–H groups in total. The maximum Gasteiger partial charge on any atom is 0.317 e. The zero-order valence-corrected chi connectivity index (χ0v) is 15.7. The Morgan fingerprint density at radius 2 is 1.92 bits per heavy atom. The van der Waals surface area contributed by atoms with Gasteiger partial charge in [0.25, 0.3) is 0 Å². The van der Waals surface area contributed by atoms with Gasteiger partial charge >= 0.3 is 7.82 Å². The molecule has 24 heavy (non-hydrogen) atoms. The molecule has 2 aromatic carbocycles. The van der Waals surface area contributed by atoms with Crippen LogP contribution >= 0.6 is 35.4 Å². The lowest BCUT2D eigenvalue weighted by atomic mass is 10.2. The molecule has 0 aliphatic heterocycles. The largest absolute Gasteiger partial charge is 0.746 e. The van der Waals surface area contributed by atoms with E-state index in [1.54, 1.807) is 12.1 Å². The van der Waals surface area contributed by atoms with Crippen molar-refractivity contribution in [2.24, 2.45) is 0 Å². The second kappa shape index (κ2) is 7.59. The average molecular weight is 433 g/mol. The Labute approximate surface area is 152 Å². The first-order valence-electron chi connectivity index (χ1n) is 6.68. The first-order chi connectivity index (χ1) is 11.2. The molecule has 0 radical (unpaired) electrons. The second-order valence-corrected chi connectivity index (χ2v) is 7.26. The van der Waals surface area contributed by atoms with Crippen LogP contribution in [0.3, 0.4) is 0 Å². The van der Waals surface area contributed by atoms with Crippen LogP contribution < -0.4 is 15.2 Å². The minimum Gasteiger partial charge on any atom is -0.746 e. The molecule has 3 aromatic rings. The first-order valence-corrected chi connectivity index (χ1v) is 9.34. The Morgan fingerprint density at radius 3 is 2.46 bits per heavy atom. The number of nitrogens with two attached hydrogens (primary N) is 1. The highest BCUT2D eigenvalue weighted by molar-refractivity contribution is 9.10. The highest BCUT2D eigenvalue weighted by Gasteiger charge is 2.14. The highest BCUT2D eigenvalue weighted by atomic mass is 79.9. The monoisotopic (exact) mass is 431 g/mol. The van der Waals surface area contributed by atoms with Crippen LogP contribution in [-0.2, 0) is 4.57 Å². The predicted octanol–water partition coefficient (Wildman–Crippen LogP) is 4.00. The van der Waals surface area contributed by atoms with Gasteiger partial charge in [0.1, 0.15) is 0 Å². The van der Waals surface area contributed by atoms with E-state index in [0.29, 0.717) is 20.4 Å². The van der Waals surface area contributed by atoms with E-state index in [1.165, 1.54) is 11.8 Å². The molecule has 0 saturated carbocycles. The number of aromatic amines is 1. The first kappa shape index (κ1) is 18.8. The number of H-pyrrole nitrogens is 1. The van der Waals surface area contributed by atoms with Gasteiger partial charge in [-0.25, -0.2) is 0 Å². The summed E-state index contributed by atoms with van der Waals surface area (Å²) in [4.78, 5) is 22.0. The van der Waals surface area contributed by atoms with Gasteiger partial charge in [0.2, 0.25) is 0 Å². The van der Waals surface area contributed by atoms with Crippen molar-refractivity contribution in [1.29, 1.82) is 0 Å². The lowest BCUT2D eigenvalue weighted by Crippen LogP contribution is -2.05. The number of nitrogens with one attached hydrogen (secondary N) is 1. The van der Waals surface area contributed by atoms with Crippen molar-refractivity contribution >= 4 is 51.9 Å². The van der Waals surface area contributed by atoms with Crippen LogP contribution in [0.1, 0.15) is 5.56 Å². The van der Waals surface area contributed by atoms with E-state index in [9.17, 15) is 9.46 Å². The number of aromatic nitrogens is 1. The number of hydrogen-bond acceptors (Lipinski definition) is 4. The number of halogens is 2. The van der Waals surface area contributed by atoms with Gasteiger partial charge in [-0.15, -0.1) is 0 Å². The van der Waals surface area contributed by atoms with Gasteiger partial charge in [-0.1, -0.05) is 29.3 Å². The zero-order chi connectivity index (χ0) is 17.9. The molecule has 0 aliphatic rings. The molecule has 6 nitrogen and oxygen atoms in total. The summed E-state index contributed by atoms with van der Waals surface area (Å²) in [5, 5.41) is 0.698. The third-order valence-electron chi connectivity index (χ3n) is 2.99. The Hall–Kier alpha value is -1.50. The molecule has 0 fully saturated rings. The minimum atomic E-state index is -4.84. The number of rotatable bonds is 2. The van der Waals surface area contributed by atoms with Crippen LogP contribution in [0.4, 0.5) is 5.69 Å².